The second kappa shape index (κ2) is 8.27. The molecule has 5 nitrogen and oxygen atoms in total. The van der Waals surface area contributed by atoms with Gasteiger partial charge >= 0.3 is 6.18 Å². The van der Waals surface area contributed by atoms with Crippen molar-refractivity contribution >= 4 is 11.7 Å². The Hall–Kier alpha value is -1.83. The second-order valence-electron chi connectivity index (χ2n) is 8.17. The van der Waals surface area contributed by atoms with E-state index in [-0.39, 0.29) is 24.2 Å². The van der Waals surface area contributed by atoms with Crippen molar-refractivity contribution in [2.45, 2.75) is 52.3 Å². The van der Waals surface area contributed by atoms with Gasteiger partial charge in [0.25, 0.3) is 0 Å². The van der Waals surface area contributed by atoms with Gasteiger partial charge in [-0.25, -0.2) is 0 Å². The van der Waals surface area contributed by atoms with Crippen LogP contribution >= 0.6 is 0 Å². The van der Waals surface area contributed by atoms with Crippen molar-refractivity contribution in [3.8, 4) is 0 Å². The van der Waals surface area contributed by atoms with E-state index in [4.69, 9.17) is 0 Å². The van der Waals surface area contributed by atoms with E-state index in [9.17, 15) is 22.8 Å². The lowest BCUT2D eigenvalue weighted by Crippen LogP contribution is -2.45. The highest BCUT2D eigenvalue weighted by Gasteiger charge is 2.32. The average molecular weight is 399 g/mol. The Morgan fingerprint density at radius 2 is 1.93 bits per heavy atom. The predicted molar refractivity (Wildman–Crippen MR) is 99.2 cm³/mol. The van der Waals surface area contributed by atoms with Gasteiger partial charge in [0.2, 0.25) is 5.91 Å². The van der Waals surface area contributed by atoms with Gasteiger partial charge in [-0.15, -0.1) is 0 Å². The van der Waals surface area contributed by atoms with Crippen LogP contribution in [0.15, 0.2) is 6.07 Å². The monoisotopic (exact) mass is 399 g/mol. The first kappa shape index (κ1) is 20.9. The van der Waals surface area contributed by atoms with Crippen LogP contribution in [0, 0.1) is 25.7 Å². The van der Waals surface area contributed by atoms with Crippen molar-refractivity contribution in [2.75, 3.05) is 26.2 Å². The molecule has 0 radical (unpaired) electrons. The van der Waals surface area contributed by atoms with Crippen LogP contribution in [0.2, 0.25) is 0 Å². The van der Waals surface area contributed by atoms with E-state index < -0.39 is 12.7 Å². The van der Waals surface area contributed by atoms with E-state index in [2.05, 4.69) is 5.32 Å². The van der Waals surface area contributed by atoms with Gasteiger partial charge in [0.05, 0.1) is 12.5 Å². The zero-order chi connectivity index (χ0) is 20.5. The van der Waals surface area contributed by atoms with Gasteiger partial charge in [-0.2, -0.15) is 13.2 Å². The number of halogens is 3. The normalized spacial score (nSPS) is 21.0. The van der Waals surface area contributed by atoms with Crippen LogP contribution in [0.1, 0.15) is 47.4 Å². The van der Waals surface area contributed by atoms with Crippen molar-refractivity contribution in [2.24, 2.45) is 11.8 Å². The van der Waals surface area contributed by atoms with Crippen molar-refractivity contribution in [3.63, 3.8) is 0 Å². The lowest BCUT2D eigenvalue weighted by atomic mass is 9.96. The molecule has 1 saturated carbocycles. The van der Waals surface area contributed by atoms with Crippen LogP contribution in [0.25, 0.3) is 0 Å². The third kappa shape index (κ3) is 5.37. The summed E-state index contributed by atoms with van der Waals surface area (Å²) in [5.41, 5.74) is 1.10. The number of nitrogens with zero attached hydrogens (tertiary/aromatic N) is 2. The summed E-state index contributed by atoms with van der Waals surface area (Å²) < 4.78 is 39.4. The molecule has 3 rings (SSSR count). The maximum absolute atomic E-state index is 12.8. The zero-order valence-corrected chi connectivity index (χ0v) is 16.4. The number of carbonyl (C=O) groups is 2. The topological polar surface area (TPSA) is 54.3 Å². The summed E-state index contributed by atoms with van der Waals surface area (Å²) in [5.74, 6) is 0.350. The van der Waals surface area contributed by atoms with E-state index >= 15 is 0 Å². The van der Waals surface area contributed by atoms with Gasteiger partial charge < -0.3 is 9.88 Å². The zero-order valence-electron chi connectivity index (χ0n) is 16.4. The number of amides is 1. The summed E-state index contributed by atoms with van der Waals surface area (Å²) in [6.07, 6.45) is -0.331. The number of likely N-dealkylation sites (tertiary alicyclic amines) is 1. The van der Waals surface area contributed by atoms with Gasteiger partial charge in [0.1, 0.15) is 6.54 Å². The number of Topliss-reactive ketones (excluding diaryl/α,β-unsaturated/α-hetero) is 1. The number of carbonyl (C=O) groups excluding carboxylic acids is 2. The molecule has 0 bridgehead atoms. The van der Waals surface area contributed by atoms with Crippen molar-refractivity contribution < 1.29 is 22.8 Å². The van der Waals surface area contributed by atoms with E-state index in [0.717, 1.165) is 30.5 Å². The van der Waals surface area contributed by atoms with Gasteiger partial charge in [0, 0.05) is 30.0 Å². The minimum Gasteiger partial charge on any atom is -0.356 e. The summed E-state index contributed by atoms with van der Waals surface area (Å²) in [4.78, 5) is 27.0. The third-order valence-corrected chi connectivity index (χ3v) is 5.72. The fourth-order valence-corrected chi connectivity index (χ4v) is 3.92. The number of aromatic nitrogens is 1. The summed E-state index contributed by atoms with van der Waals surface area (Å²) in [6.45, 7) is 4.14. The molecule has 1 aliphatic carbocycles. The molecule has 1 unspecified atom stereocenters. The number of hydrogen-bond donors (Lipinski definition) is 1. The quantitative estimate of drug-likeness (QED) is 0.717. The van der Waals surface area contributed by atoms with Crippen LogP contribution < -0.4 is 5.32 Å². The number of rotatable bonds is 7. The second-order valence-corrected chi connectivity index (χ2v) is 8.17. The smallest absolute Gasteiger partial charge is 0.356 e. The number of alkyl halides is 3. The molecular formula is C20H28F3N3O2. The Morgan fingerprint density at radius 1 is 1.21 bits per heavy atom. The lowest BCUT2D eigenvalue weighted by Gasteiger charge is -2.31. The van der Waals surface area contributed by atoms with E-state index in [1.54, 1.807) is 13.8 Å². The number of ketones is 1. The molecule has 1 saturated heterocycles. The highest BCUT2D eigenvalue weighted by Crippen LogP contribution is 2.28. The number of aryl methyl sites for hydroxylation is 1. The summed E-state index contributed by atoms with van der Waals surface area (Å²) >= 11 is 0. The van der Waals surface area contributed by atoms with Crippen molar-refractivity contribution in [3.05, 3.63) is 23.0 Å². The van der Waals surface area contributed by atoms with Crippen molar-refractivity contribution in [1.82, 2.24) is 14.8 Å². The Kier molecular flexibility index (Phi) is 6.17. The van der Waals surface area contributed by atoms with Crippen LogP contribution in [-0.2, 0) is 11.3 Å². The molecule has 2 aliphatic rings. The standard InChI is InChI=1S/C20H28F3N3O2/c1-13-8-17(14(2)26(13)12-20(21,22)23)18(27)11-25-7-3-4-16(10-25)19(28)24-9-15-5-6-15/h8,15-16H,3-7,9-12H2,1-2H3,(H,24,28). The predicted octanol–water partition coefficient (Wildman–Crippen LogP) is 3.09. The maximum atomic E-state index is 12.8. The van der Waals surface area contributed by atoms with Gasteiger partial charge in [0.15, 0.2) is 5.78 Å². The molecule has 1 aromatic heterocycles. The molecule has 1 amide bonds. The first-order chi connectivity index (χ1) is 13.1. The van der Waals surface area contributed by atoms with Gasteiger partial charge in [-0.05, 0) is 58.1 Å². The Bertz CT molecular complexity index is 738. The molecule has 28 heavy (non-hydrogen) atoms. The first-order valence-corrected chi connectivity index (χ1v) is 9.91. The van der Waals surface area contributed by atoms with E-state index in [1.165, 1.54) is 18.9 Å². The highest BCUT2D eigenvalue weighted by atomic mass is 19.4. The number of nitrogens with one attached hydrogen (secondary N) is 1. The molecule has 8 heteroatoms. The van der Waals surface area contributed by atoms with E-state index in [0.29, 0.717) is 29.4 Å². The van der Waals surface area contributed by atoms with Crippen LogP contribution in [0.4, 0.5) is 13.2 Å². The molecule has 1 aliphatic heterocycles. The Labute approximate surface area is 163 Å². The van der Waals surface area contributed by atoms with Crippen molar-refractivity contribution in [1.29, 1.82) is 0 Å². The average Bonchev–Trinajstić information content (AvgIpc) is 3.41. The first-order valence-electron chi connectivity index (χ1n) is 9.91. The molecular weight excluding hydrogens is 371 g/mol. The Morgan fingerprint density at radius 3 is 2.57 bits per heavy atom. The lowest BCUT2D eigenvalue weighted by molar-refractivity contribution is -0.141. The molecule has 1 N–H and O–H groups in total. The summed E-state index contributed by atoms with van der Waals surface area (Å²) in [5, 5.41) is 3.00. The minimum absolute atomic E-state index is 0.0485. The summed E-state index contributed by atoms with van der Waals surface area (Å²) in [7, 11) is 0. The SMILES string of the molecule is Cc1cc(C(=O)CN2CCCC(C(=O)NCC3CC3)C2)c(C)n1CC(F)(F)F. The fourth-order valence-electron chi connectivity index (χ4n) is 3.92. The fraction of sp³-hybridized carbons (Fsp3) is 0.700. The number of hydrogen-bond acceptors (Lipinski definition) is 3. The molecule has 2 fully saturated rings. The maximum Gasteiger partial charge on any atom is 0.406 e. The van der Waals surface area contributed by atoms with Crippen LogP contribution in [-0.4, -0.2) is 53.5 Å². The largest absolute Gasteiger partial charge is 0.406 e. The number of piperidine rings is 1. The van der Waals surface area contributed by atoms with Crippen LogP contribution in [0.5, 0.6) is 0 Å². The molecule has 2 heterocycles. The Balaban J connectivity index is 1.59. The van der Waals surface area contributed by atoms with Gasteiger partial charge in [-0.3, -0.25) is 14.5 Å². The molecule has 0 spiro atoms. The highest BCUT2D eigenvalue weighted by molar-refractivity contribution is 5.99. The molecule has 156 valence electrons. The van der Waals surface area contributed by atoms with E-state index in [1.807, 2.05) is 4.90 Å². The summed E-state index contributed by atoms with van der Waals surface area (Å²) in [6, 6.07) is 1.53. The third-order valence-electron chi connectivity index (χ3n) is 5.72. The van der Waals surface area contributed by atoms with Gasteiger partial charge in [-0.1, -0.05) is 0 Å². The minimum atomic E-state index is -4.33. The molecule has 1 aromatic rings. The molecule has 1 atom stereocenters. The molecule has 0 aromatic carbocycles. The van der Waals surface area contributed by atoms with Crippen LogP contribution in [0.3, 0.4) is 0 Å².